The second-order valence-electron chi connectivity index (χ2n) is 3.24. The van der Waals surface area contributed by atoms with E-state index in [0.717, 1.165) is 17.3 Å². The summed E-state index contributed by atoms with van der Waals surface area (Å²) in [5.41, 5.74) is 1.08. The van der Waals surface area contributed by atoms with Gasteiger partial charge in [-0.3, -0.25) is 10.00 Å². The van der Waals surface area contributed by atoms with Crippen LogP contribution in [-0.2, 0) is 7.05 Å². The molecule has 0 amide bonds. The minimum atomic E-state index is 0.301. The Bertz CT molecular complexity index is 293. The maximum absolute atomic E-state index is 6.04. The van der Waals surface area contributed by atoms with E-state index in [9.17, 15) is 0 Å². The van der Waals surface area contributed by atoms with Crippen LogP contribution in [0.4, 0.5) is 0 Å². The highest BCUT2D eigenvalue weighted by atomic mass is 35.5. The molecule has 1 N–H and O–H groups in total. The van der Waals surface area contributed by atoms with Crippen molar-refractivity contribution in [1.82, 2.24) is 15.1 Å². The fourth-order valence-electron chi connectivity index (χ4n) is 1.48. The number of hydrogen-bond acceptors (Lipinski definition) is 3. The van der Waals surface area contributed by atoms with E-state index in [4.69, 9.17) is 11.6 Å². The first-order valence-electron chi connectivity index (χ1n) is 4.24. The van der Waals surface area contributed by atoms with Crippen LogP contribution in [0.3, 0.4) is 0 Å². The maximum atomic E-state index is 6.04. The van der Waals surface area contributed by atoms with Crippen LogP contribution in [0.25, 0.3) is 0 Å². The molecule has 0 saturated carbocycles. The number of aryl methyl sites for hydroxylation is 1. The molecule has 1 saturated heterocycles. The predicted octanol–water partition coefficient (Wildman–Crippen LogP) is 1.80. The summed E-state index contributed by atoms with van der Waals surface area (Å²) in [5, 5.41) is 9.23. The third-order valence-corrected chi connectivity index (χ3v) is 3.73. The molecule has 1 aliphatic heterocycles. The van der Waals surface area contributed by atoms with Gasteiger partial charge in [0.25, 0.3) is 0 Å². The predicted molar refractivity (Wildman–Crippen MR) is 56.0 cm³/mol. The lowest BCUT2D eigenvalue weighted by Crippen LogP contribution is -2.16. The second-order valence-corrected chi connectivity index (χ2v) is 5.19. The molecule has 1 aromatic rings. The Hall–Kier alpha value is -0.190. The molecular formula is C8H12ClN3S. The van der Waals surface area contributed by atoms with Crippen molar-refractivity contribution in [2.24, 2.45) is 7.05 Å². The molecule has 13 heavy (non-hydrogen) atoms. The van der Waals surface area contributed by atoms with Crippen molar-refractivity contribution in [3.8, 4) is 0 Å². The fraction of sp³-hybridized carbons (Fsp3) is 0.625. The SMILES string of the molecule is CC1CNC(c2c(Cl)cnn2C)S1. The summed E-state index contributed by atoms with van der Waals surface area (Å²) in [6, 6.07) is 0. The Morgan fingerprint density at radius 2 is 2.54 bits per heavy atom. The number of hydrogen-bond donors (Lipinski definition) is 1. The molecule has 1 fully saturated rings. The molecule has 0 radical (unpaired) electrons. The Balaban J connectivity index is 2.25. The Morgan fingerprint density at radius 3 is 3.00 bits per heavy atom. The highest BCUT2D eigenvalue weighted by Crippen LogP contribution is 2.37. The van der Waals surface area contributed by atoms with Crippen molar-refractivity contribution in [3.05, 3.63) is 16.9 Å². The van der Waals surface area contributed by atoms with Gasteiger partial charge in [0.2, 0.25) is 0 Å². The highest BCUT2D eigenvalue weighted by molar-refractivity contribution is 8.00. The summed E-state index contributed by atoms with van der Waals surface area (Å²) in [4.78, 5) is 0. The Kier molecular flexibility index (Phi) is 2.53. The van der Waals surface area contributed by atoms with Gasteiger partial charge in [-0.25, -0.2) is 0 Å². The molecular weight excluding hydrogens is 206 g/mol. The first-order chi connectivity index (χ1) is 6.18. The van der Waals surface area contributed by atoms with E-state index in [2.05, 4.69) is 17.3 Å². The molecule has 2 unspecified atom stereocenters. The molecule has 0 bridgehead atoms. The molecule has 72 valence electrons. The molecule has 1 aliphatic rings. The third-order valence-electron chi connectivity index (χ3n) is 2.15. The third kappa shape index (κ3) is 1.71. The van der Waals surface area contributed by atoms with Crippen molar-refractivity contribution in [1.29, 1.82) is 0 Å². The molecule has 0 aliphatic carbocycles. The Morgan fingerprint density at radius 1 is 1.77 bits per heavy atom. The average molecular weight is 218 g/mol. The van der Waals surface area contributed by atoms with Crippen LogP contribution in [0.15, 0.2) is 6.20 Å². The van der Waals surface area contributed by atoms with Crippen LogP contribution in [0, 0.1) is 0 Å². The number of nitrogens with one attached hydrogen (secondary N) is 1. The standard InChI is InChI=1S/C8H12ClN3S/c1-5-3-10-8(13-5)7-6(9)4-11-12(7)2/h4-5,8,10H,3H2,1-2H3. The van der Waals surface area contributed by atoms with Crippen LogP contribution >= 0.6 is 23.4 Å². The van der Waals surface area contributed by atoms with Crippen molar-refractivity contribution in [2.45, 2.75) is 17.5 Å². The largest absolute Gasteiger partial charge is 0.299 e. The van der Waals surface area contributed by atoms with E-state index in [1.807, 2.05) is 23.5 Å². The summed E-state index contributed by atoms with van der Waals surface area (Å²) in [6.45, 7) is 3.25. The first kappa shape index (κ1) is 9.37. The number of halogens is 1. The zero-order valence-corrected chi connectivity index (χ0v) is 9.19. The zero-order chi connectivity index (χ0) is 9.42. The van der Waals surface area contributed by atoms with Crippen molar-refractivity contribution >= 4 is 23.4 Å². The van der Waals surface area contributed by atoms with Crippen LogP contribution in [-0.4, -0.2) is 21.6 Å². The van der Waals surface area contributed by atoms with E-state index in [1.54, 1.807) is 6.20 Å². The molecule has 2 heterocycles. The van der Waals surface area contributed by atoms with Crippen LogP contribution in [0.5, 0.6) is 0 Å². The fourth-order valence-corrected chi connectivity index (χ4v) is 3.08. The van der Waals surface area contributed by atoms with Crippen molar-refractivity contribution < 1.29 is 0 Å². The molecule has 1 aromatic heterocycles. The van der Waals surface area contributed by atoms with E-state index in [0.29, 0.717) is 10.6 Å². The van der Waals surface area contributed by atoms with Crippen molar-refractivity contribution in [3.63, 3.8) is 0 Å². The summed E-state index contributed by atoms with van der Waals surface area (Å²) in [5.74, 6) is 0. The minimum absolute atomic E-state index is 0.301. The lowest BCUT2D eigenvalue weighted by atomic mass is 10.4. The van der Waals surface area contributed by atoms with Gasteiger partial charge in [0.05, 0.1) is 22.3 Å². The molecule has 5 heteroatoms. The van der Waals surface area contributed by atoms with Gasteiger partial charge in [0, 0.05) is 18.8 Å². The van der Waals surface area contributed by atoms with Gasteiger partial charge in [-0.05, 0) is 0 Å². The number of rotatable bonds is 1. The quantitative estimate of drug-likeness (QED) is 0.778. The Labute approximate surface area is 86.8 Å². The number of aromatic nitrogens is 2. The van der Waals surface area contributed by atoms with E-state index < -0.39 is 0 Å². The normalized spacial score (nSPS) is 28.2. The van der Waals surface area contributed by atoms with Gasteiger partial charge in [-0.2, -0.15) is 5.10 Å². The smallest absolute Gasteiger partial charge is 0.0977 e. The van der Waals surface area contributed by atoms with Crippen LogP contribution < -0.4 is 5.32 Å². The number of nitrogens with zero attached hydrogens (tertiary/aromatic N) is 2. The van der Waals surface area contributed by atoms with Gasteiger partial charge in [-0.15, -0.1) is 11.8 Å². The maximum Gasteiger partial charge on any atom is 0.0977 e. The van der Waals surface area contributed by atoms with E-state index in [1.165, 1.54) is 0 Å². The van der Waals surface area contributed by atoms with Gasteiger partial charge >= 0.3 is 0 Å². The highest BCUT2D eigenvalue weighted by Gasteiger charge is 2.26. The monoisotopic (exact) mass is 217 g/mol. The number of thioether (sulfide) groups is 1. The first-order valence-corrected chi connectivity index (χ1v) is 5.57. The molecule has 2 atom stereocenters. The van der Waals surface area contributed by atoms with Gasteiger partial charge in [-0.1, -0.05) is 18.5 Å². The van der Waals surface area contributed by atoms with E-state index >= 15 is 0 Å². The zero-order valence-electron chi connectivity index (χ0n) is 7.62. The molecule has 2 rings (SSSR count). The van der Waals surface area contributed by atoms with Crippen molar-refractivity contribution in [2.75, 3.05) is 6.54 Å². The van der Waals surface area contributed by atoms with E-state index in [-0.39, 0.29) is 0 Å². The lowest BCUT2D eigenvalue weighted by Gasteiger charge is -2.10. The topological polar surface area (TPSA) is 29.9 Å². The van der Waals surface area contributed by atoms with Crippen LogP contribution in [0.2, 0.25) is 5.02 Å². The van der Waals surface area contributed by atoms with Gasteiger partial charge in [0.15, 0.2) is 0 Å². The lowest BCUT2D eigenvalue weighted by molar-refractivity contribution is 0.642. The summed E-state index contributed by atoms with van der Waals surface area (Å²) >= 11 is 7.93. The molecule has 0 spiro atoms. The average Bonchev–Trinajstić information content (AvgIpc) is 2.60. The molecule has 0 aromatic carbocycles. The van der Waals surface area contributed by atoms with Crippen LogP contribution in [0.1, 0.15) is 18.0 Å². The molecule has 3 nitrogen and oxygen atoms in total. The summed E-state index contributed by atoms with van der Waals surface area (Å²) < 4.78 is 1.84. The second kappa shape index (κ2) is 3.52. The van der Waals surface area contributed by atoms with Gasteiger partial charge in [0.1, 0.15) is 0 Å². The minimum Gasteiger partial charge on any atom is -0.299 e. The van der Waals surface area contributed by atoms with Gasteiger partial charge < -0.3 is 0 Å². The summed E-state index contributed by atoms with van der Waals surface area (Å²) in [7, 11) is 1.92. The summed E-state index contributed by atoms with van der Waals surface area (Å²) in [6.07, 6.45) is 1.70.